The van der Waals surface area contributed by atoms with Crippen molar-refractivity contribution in [2.45, 2.75) is 51.5 Å². The Morgan fingerprint density at radius 1 is 1.28 bits per heavy atom. The van der Waals surface area contributed by atoms with Gasteiger partial charge >= 0.3 is 0 Å². The second-order valence-electron chi connectivity index (χ2n) is 8.32. The first-order valence-electron chi connectivity index (χ1n) is 10.7. The van der Waals surface area contributed by atoms with Gasteiger partial charge in [-0.1, -0.05) is 19.3 Å². The minimum Gasteiger partial charge on any atom is -0.497 e. The standard InChI is InChI=1S/C22H30N4O3/c1-29-17-8-9-18-19(11-17)25-20(24-18)12-23-22(28)16-7-10-21(27)26(14-16)13-15-5-3-2-4-6-15/h8-9,11,15-16H,2-7,10,12-14H2,1H3,(H,23,28)(H,24,25)/t16-/m0/s1. The Bertz CT molecular complexity index is 872. The summed E-state index contributed by atoms with van der Waals surface area (Å²) in [6.45, 7) is 1.70. The number of amides is 2. The van der Waals surface area contributed by atoms with Crippen LogP contribution in [0.5, 0.6) is 5.75 Å². The van der Waals surface area contributed by atoms with E-state index in [1.54, 1.807) is 7.11 Å². The monoisotopic (exact) mass is 398 g/mol. The topological polar surface area (TPSA) is 87.3 Å². The summed E-state index contributed by atoms with van der Waals surface area (Å²) in [4.78, 5) is 34.7. The number of nitrogens with zero attached hydrogens (tertiary/aromatic N) is 2. The number of hydrogen-bond acceptors (Lipinski definition) is 4. The van der Waals surface area contributed by atoms with E-state index in [0.717, 1.165) is 23.3 Å². The summed E-state index contributed by atoms with van der Waals surface area (Å²) in [5.41, 5.74) is 1.73. The number of nitrogens with one attached hydrogen (secondary N) is 2. The van der Waals surface area contributed by atoms with Gasteiger partial charge in [-0.15, -0.1) is 0 Å². The van der Waals surface area contributed by atoms with E-state index in [1.807, 2.05) is 23.1 Å². The predicted molar refractivity (Wildman–Crippen MR) is 110 cm³/mol. The SMILES string of the molecule is COc1ccc2nc(CNC(=O)[C@H]3CCC(=O)N(CC4CCCCC4)C3)[nH]c2c1. The molecular weight excluding hydrogens is 368 g/mol. The zero-order valence-corrected chi connectivity index (χ0v) is 17.1. The maximum absolute atomic E-state index is 12.7. The number of methoxy groups -OCH3 is 1. The highest BCUT2D eigenvalue weighted by Gasteiger charge is 2.31. The van der Waals surface area contributed by atoms with Crippen molar-refractivity contribution >= 4 is 22.8 Å². The minimum absolute atomic E-state index is 0.00387. The molecule has 1 aromatic heterocycles. The van der Waals surface area contributed by atoms with Gasteiger partial charge in [-0.3, -0.25) is 9.59 Å². The Labute approximate surface area is 171 Å². The zero-order chi connectivity index (χ0) is 20.2. The third kappa shape index (κ3) is 4.71. The lowest BCUT2D eigenvalue weighted by molar-refractivity contribution is -0.139. The van der Waals surface area contributed by atoms with Crippen LogP contribution in [0.25, 0.3) is 11.0 Å². The van der Waals surface area contributed by atoms with Crippen LogP contribution in [0.4, 0.5) is 0 Å². The van der Waals surface area contributed by atoms with Gasteiger partial charge in [0, 0.05) is 25.6 Å². The number of benzene rings is 1. The van der Waals surface area contributed by atoms with E-state index >= 15 is 0 Å². The van der Waals surface area contributed by atoms with Crippen LogP contribution in [-0.4, -0.2) is 46.9 Å². The van der Waals surface area contributed by atoms with E-state index in [9.17, 15) is 9.59 Å². The van der Waals surface area contributed by atoms with Crippen LogP contribution in [0.2, 0.25) is 0 Å². The van der Waals surface area contributed by atoms with Crippen molar-refractivity contribution in [2.75, 3.05) is 20.2 Å². The Hall–Kier alpha value is -2.57. The number of carbonyl (C=O) groups is 2. The number of likely N-dealkylation sites (tertiary alicyclic amines) is 1. The number of fused-ring (bicyclic) bond motifs is 1. The van der Waals surface area contributed by atoms with Crippen LogP contribution in [0.1, 0.15) is 50.8 Å². The third-order valence-corrected chi connectivity index (χ3v) is 6.24. The number of ether oxygens (including phenoxy) is 1. The molecule has 7 nitrogen and oxygen atoms in total. The first-order valence-corrected chi connectivity index (χ1v) is 10.7. The number of rotatable bonds is 6. The van der Waals surface area contributed by atoms with Crippen LogP contribution >= 0.6 is 0 Å². The first-order chi connectivity index (χ1) is 14.1. The summed E-state index contributed by atoms with van der Waals surface area (Å²) in [6.07, 6.45) is 7.34. The minimum atomic E-state index is -0.138. The molecule has 2 N–H and O–H groups in total. The van der Waals surface area contributed by atoms with Gasteiger partial charge in [0.05, 0.1) is 30.6 Å². The number of H-pyrrole nitrogens is 1. The molecule has 29 heavy (non-hydrogen) atoms. The summed E-state index contributed by atoms with van der Waals surface area (Å²) in [6, 6.07) is 5.65. The highest BCUT2D eigenvalue weighted by molar-refractivity contribution is 5.84. The lowest BCUT2D eigenvalue weighted by Crippen LogP contribution is -2.47. The Balaban J connectivity index is 1.32. The molecule has 0 radical (unpaired) electrons. The average molecular weight is 399 g/mol. The summed E-state index contributed by atoms with van der Waals surface area (Å²) in [5, 5.41) is 3.00. The fourth-order valence-electron chi connectivity index (χ4n) is 4.55. The van der Waals surface area contributed by atoms with E-state index < -0.39 is 0 Å². The highest BCUT2D eigenvalue weighted by atomic mass is 16.5. The van der Waals surface area contributed by atoms with E-state index in [0.29, 0.717) is 37.7 Å². The zero-order valence-electron chi connectivity index (χ0n) is 17.1. The molecule has 0 spiro atoms. The molecule has 1 atom stereocenters. The fourth-order valence-corrected chi connectivity index (χ4v) is 4.55. The third-order valence-electron chi connectivity index (χ3n) is 6.24. The number of aromatic nitrogens is 2. The van der Waals surface area contributed by atoms with Crippen LogP contribution in [0.15, 0.2) is 18.2 Å². The molecule has 2 fully saturated rings. The first kappa shape index (κ1) is 19.7. The number of hydrogen-bond donors (Lipinski definition) is 2. The van der Waals surface area contributed by atoms with Crippen molar-refractivity contribution in [1.29, 1.82) is 0 Å². The highest BCUT2D eigenvalue weighted by Crippen LogP contribution is 2.27. The second-order valence-corrected chi connectivity index (χ2v) is 8.32. The summed E-state index contributed by atoms with van der Waals surface area (Å²) >= 11 is 0. The van der Waals surface area contributed by atoms with Gasteiger partial charge in [0.2, 0.25) is 11.8 Å². The Morgan fingerprint density at radius 3 is 2.90 bits per heavy atom. The van der Waals surface area contributed by atoms with Gasteiger partial charge in [0.25, 0.3) is 0 Å². The molecule has 2 amide bonds. The largest absolute Gasteiger partial charge is 0.497 e. The molecule has 2 aromatic rings. The van der Waals surface area contributed by atoms with Crippen molar-refractivity contribution < 1.29 is 14.3 Å². The van der Waals surface area contributed by atoms with E-state index in [4.69, 9.17) is 4.74 Å². The van der Waals surface area contributed by atoms with Gasteiger partial charge in [-0.2, -0.15) is 0 Å². The van der Waals surface area contributed by atoms with Crippen molar-refractivity contribution in [3.8, 4) is 5.75 Å². The van der Waals surface area contributed by atoms with Gasteiger partial charge in [0.1, 0.15) is 11.6 Å². The van der Waals surface area contributed by atoms with Crippen LogP contribution < -0.4 is 10.1 Å². The lowest BCUT2D eigenvalue weighted by Gasteiger charge is -2.35. The summed E-state index contributed by atoms with van der Waals surface area (Å²) in [7, 11) is 1.63. The average Bonchev–Trinajstić information content (AvgIpc) is 3.16. The number of carbonyl (C=O) groups excluding carboxylic acids is 2. The molecule has 2 heterocycles. The predicted octanol–water partition coefficient (Wildman–Crippen LogP) is 3.01. The fraction of sp³-hybridized carbons (Fsp3) is 0.591. The van der Waals surface area contributed by atoms with Crippen molar-refractivity contribution in [3.63, 3.8) is 0 Å². The lowest BCUT2D eigenvalue weighted by atomic mass is 9.87. The van der Waals surface area contributed by atoms with E-state index in [-0.39, 0.29) is 17.7 Å². The Morgan fingerprint density at radius 2 is 2.10 bits per heavy atom. The molecule has 1 aliphatic carbocycles. The maximum Gasteiger partial charge on any atom is 0.225 e. The molecule has 1 saturated carbocycles. The molecule has 156 valence electrons. The summed E-state index contributed by atoms with van der Waals surface area (Å²) in [5.74, 6) is 2.15. The quantitative estimate of drug-likeness (QED) is 0.783. The normalized spacial score (nSPS) is 20.8. The van der Waals surface area contributed by atoms with Crippen molar-refractivity contribution in [1.82, 2.24) is 20.2 Å². The molecule has 0 unspecified atom stereocenters. The van der Waals surface area contributed by atoms with E-state index in [1.165, 1.54) is 32.1 Å². The molecule has 1 saturated heterocycles. The van der Waals surface area contributed by atoms with Gasteiger partial charge in [-0.05, 0) is 37.3 Å². The maximum atomic E-state index is 12.7. The van der Waals surface area contributed by atoms with E-state index in [2.05, 4.69) is 15.3 Å². The molecular formula is C22H30N4O3. The number of imidazole rings is 1. The van der Waals surface area contributed by atoms with Gasteiger partial charge in [-0.25, -0.2) is 4.98 Å². The van der Waals surface area contributed by atoms with Crippen LogP contribution in [-0.2, 0) is 16.1 Å². The summed E-state index contributed by atoms with van der Waals surface area (Å²) < 4.78 is 5.23. The number of aromatic amines is 1. The van der Waals surface area contributed by atoms with Crippen molar-refractivity contribution in [3.05, 3.63) is 24.0 Å². The van der Waals surface area contributed by atoms with Crippen molar-refractivity contribution in [2.24, 2.45) is 11.8 Å². The molecule has 0 bridgehead atoms. The molecule has 1 aliphatic heterocycles. The molecule has 2 aliphatic rings. The molecule has 4 rings (SSSR count). The second kappa shape index (κ2) is 8.84. The van der Waals surface area contributed by atoms with Gasteiger partial charge < -0.3 is 19.9 Å². The number of piperidine rings is 1. The Kier molecular flexibility index (Phi) is 6.02. The smallest absolute Gasteiger partial charge is 0.225 e. The van der Waals surface area contributed by atoms with Gasteiger partial charge in [0.15, 0.2) is 0 Å². The molecule has 7 heteroatoms. The van der Waals surface area contributed by atoms with Crippen LogP contribution in [0.3, 0.4) is 0 Å². The van der Waals surface area contributed by atoms with Crippen LogP contribution in [0, 0.1) is 11.8 Å². The molecule has 1 aromatic carbocycles.